The Balaban J connectivity index is 2.16. The molecule has 128 valence electrons. The van der Waals surface area contributed by atoms with Crippen molar-refractivity contribution < 1.29 is 17.9 Å². The fraction of sp³-hybridized carbons (Fsp3) is 0.533. The predicted octanol–water partition coefficient (Wildman–Crippen LogP) is 1.93. The maximum atomic E-state index is 12.3. The van der Waals surface area contributed by atoms with Gasteiger partial charge in [0.2, 0.25) is 0 Å². The molecule has 0 bridgehead atoms. The number of nitrogens with zero attached hydrogens (tertiary/aromatic N) is 1. The summed E-state index contributed by atoms with van der Waals surface area (Å²) < 4.78 is 32.4. The highest BCUT2D eigenvalue weighted by atomic mass is 32.2. The van der Waals surface area contributed by atoms with Gasteiger partial charge < -0.3 is 14.5 Å². The third-order valence-electron chi connectivity index (χ3n) is 3.64. The minimum Gasteiger partial charge on any atom is -0.466 e. The van der Waals surface area contributed by atoms with Gasteiger partial charge in [0, 0.05) is 18.0 Å². The van der Waals surface area contributed by atoms with Crippen molar-refractivity contribution in [1.29, 1.82) is 0 Å². The van der Waals surface area contributed by atoms with Gasteiger partial charge >= 0.3 is 0 Å². The van der Waals surface area contributed by atoms with Crippen molar-refractivity contribution in [3.63, 3.8) is 0 Å². The van der Waals surface area contributed by atoms with Crippen LogP contribution in [0.4, 0.5) is 0 Å². The minimum atomic E-state index is -3.78. The third kappa shape index (κ3) is 3.82. The van der Waals surface area contributed by atoms with Crippen molar-refractivity contribution in [2.24, 2.45) is 0 Å². The Hall–Kier alpha value is -1.64. The van der Waals surface area contributed by atoms with Gasteiger partial charge in [-0.2, -0.15) is 0 Å². The average Bonchev–Trinajstić information content (AvgIpc) is 3.04. The number of aryl methyl sites for hydroxylation is 2. The largest absolute Gasteiger partial charge is 0.466 e. The Kier molecular flexibility index (Phi) is 4.70. The van der Waals surface area contributed by atoms with Gasteiger partial charge in [0.1, 0.15) is 22.9 Å². The summed E-state index contributed by atoms with van der Waals surface area (Å²) in [6.45, 7) is 8.70. The van der Waals surface area contributed by atoms with E-state index in [9.17, 15) is 13.5 Å². The molecule has 0 aromatic carbocycles. The Morgan fingerprint density at radius 2 is 2.09 bits per heavy atom. The van der Waals surface area contributed by atoms with E-state index in [0.717, 1.165) is 0 Å². The molecule has 0 radical (unpaired) electrons. The SMILES string of the molecule is Cc1cc(C(C)(O)CNS(=O)(=O)c2cnc(C(C)C)[nH]2)c(C)o1. The first-order valence-corrected chi connectivity index (χ1v) is 8.85. The van der Waals surface area contributed by atoms with Crippen molar-refractivity contribution in [3.8, 4) is 0 Å². The van der Waals surface area contributed by atoms with Crippen LogP contribution >= 0.6 is 0 Å². The van der Waals surface area contributed by atoms with Gasteiger partial charge in [-0.3, -0.25) is 0 Å². The molecular weight excluding hydrogens is 318 g/mol. The van der Waals surface area contributed by atoms with E-state index in [4.69, 9.17) is 4.42 Å². The summed E-state index contributed by atoms with van der Waals surface area (Å²) >= 11 is 0. The van der Waals surface area contributed by atoms with E-state index in [2.05, 4.69) is 14.7 Å². The molecule has 0 aliphatic rings. The van der Waals surface area contributed by atoms with Gasteiger partial charge in [-0.1, -0.05) is 13.8 Å². The summed E-state index contributed by atoms with van der Waals surface area (Å²) in [7, 11) is -3.78. The molecule has 3 N–H and O–H groups in total. The smallest absolute Gasteiger partial charge is 0.257 e. The molecule has 0 spiro atoms. The van der Waals surface area contributed by atoms with Gasteiger partial charge in [0.15, 0.2) is 5.03 Å². The fourth-order valence-electron chi connectivity index (χ4n) is 2.32. The second-order valence-electron chi connectivity index (χ2n) is 6.21. The molecule has 2 rings (SSSR count). The molecule has 1 atom stereocenters. The van der Waals surface area contributed by atoms with Gasteiger partial charge in [-0.05, 0) is 26.8 Å². The van der Waals surface area contributed by atoms with E-state index in [0.29, 0.717) is 22.9 Å². The van der Waals surface area contributed by atoms with Crippen LogP contribution in [0.1, 0.15) is 49.6 Å². The highest BCUT2D eigenvalue weighted by Crippen LogP contribution is 2.26. The number of H-pyrrole nitrogens is 1. The van der Waals surface area contributed by atoms with Gasteiger partial charge in [-0.25, -0.2) is 18.1 Å². The quantitative estimate of drug-likeness (QED) is 0.744. The highest BCUT2D eigenvalue weighted by molar-refractivity contribution is 7.89. The molecule has 1 unspecified atom stereocenters. The van der Waals surface area contributed by atoms with Crippen LogP contribution in [0.3, 0.4) is 0 Å². The van der Waals surface area contributed by atoms with Crippen LogP contribution in [0.2, 0.25) is 0 Å². The number of aromatic amines is 1. The standard InChI is InChI=1S/C15H23N3O4S/c1-9(2)14-16-7-13(18-14)23(20,21)17-8-15(5,19)12-6-10(3)22-11(12)4/h6-7,9,17,19H,8H2,1-5H3,(H,16,18). The third-order valence-corrected chi connectivity index (χ3v) is 4.95. The minimum absolute atomic E-state index is 0.0166. The summed E-state index contributed by atoms with van der Waals surface area (Å²) in [5.74, 6) is 1.92. The summed E-state index contributed by atoms with van der Waals surface area (Å²) in [4.78, 5) is 6.83. The van der Waals surface area contributed by atoms with Gasteiger partial charge in [0.25, 0.3) is 10.0 Å². The number of nitrogens with one attached hydrogen (secondary N) is 2. The van der Waals surface area contributed by atoms with Crippen LogP contribution in [0.25, 0.3) is 0 Å². The first-order chi connectivity index (χ1) is 10.5. The Bertz CT molecular complexity index is 788. The summed E-state index contributed by atoms with van der Waals surface area (Å²) in [6.07, 6.45) is 1.28. The normalized spacial score (nSPS) is 15.1. The molecule has 0 saturated heterocycles. The van der Waals surface area contributed by atoms with E-state index in [1.807, 2.05) is 13.8 Å². The molecule has 7 nitrogen and oxygen atoms in total. The van der Waals surface area contributed by atoms with Crippen LogP contribution < -0.4 is 4.72 Å². The summed E-state index contributed by atoms with van der Waals surface area (Å²) in [6, 6.07) is 1.71. The zero-order valence-electron chi connectivity index (χ0n) is 14.0. The van der Waals surface area contributed by atoms with Crippen molar-refractivity contribution in [3.05, 3.63) is 35.2 Å². The number of rotatable bonds is 6. The zero-order chi connectivity index (χ0) is 17.4. The van der Waals surface area contributed by atoms with Crippen molar-refractivity contribution in [2.45, 2.75) is 51.2 Å². The lowest BCUT2D eigenvalue weighted by molar-refractivity contribution is 0.0612. The Morgan fingerprint density at radius 3 is 2.57 bits per heavy atom. The van der Waals surface area contributed by atoms with Crippen LogP contribution in [0.15, 0.2) is 21.7 Å². The molecule has 23 heavy (non-hydrogen) atoms. The number of sulfonamides is 1. The number of hydrogen-bond acceptors (Lipinski definition) is 5. The number of aliphatic hydroxyl groups is 1. The predicted molar refractivity (Wildman–Crippen MR) is 85.6 cm³/mol. The van der Waals surface area contributed by atoms with Crippen LogP contribution in [-0.4, -0.2) is 30.0 Å². The first-order valence-electron chi connectivity index (χ1n) is 7.37. The van der Waals surface area contributed by atoms with Gasteiger partial charge in [0.05, 0.1) is 6.20 Å². The molecular formula is C15H23N3O4S. The molecule has 0 amide bonds. The first kappa shape index (κ1) is 17.7. The fourth-order valence-corrected chi connectivity index (χ4v) is 3.38. The van der Waals surface area contributed by atoms with E-state index < -0.39 is 15.6 Å². The highest BCUT2D eigenvalue weighted by Gasteiger charge is 2.30. The average molecular weight is 341 g/mol. The molecule has 0 fully saturated rings. The monoisotopic (exact) mass is 341 g/mol. The lowest BCUT2D eigenvalue weighted by atomic mass is 9.97. The maximum absolute atomic E-state index is 12.3. The zero-order valence-corrected chi connectivity index (χ0v) is 14.8. The van der Waals surface area contributed by atoms with Crippen molar-refractivity contribution >= 4 is 10.0 Å². The molecule has 2 heterocycles. The van der Waals surface area contributed by atoms with Crippen molar-refractivity contribution in [1.82, 2.24) is 14.7 Å². The summed E-state index contributed by atoms with van der Waals surface area (Å²) in [5, 5.41) is 10.6. The Morgan fingerprint density at radius 1 is 1.43 bits per heavy atom. The van der Waals surface area contributed by atoms with E-state index >= 15 is 0 Å². The number of imidazole rings is 1. The maximum Gasteiger partial charge on any atom is 0.257 e. The number of furan rings is 1. The number of aromatic nitrogens is 2. The molecule has 0 aliphatic heterocycles. The molecule has 8 heteroatoms. The number of hydrogen-bond donors (Lipinski definition) is 3. The lowest BCUT2D eigenvalue weighted by Gasteiger charge is -2.23. The van der Waals surface area contributed by atoms with Gasteiger partial charge in [-0.15, -0.1) is 0 Å². The topological polar surface area (TPSA) is 108 Å². The van der Waals surface area contributed by atoms with Crippen LogP contribution in [0, 0.1) is 13.8 Å². The lowest BCUT2D eigenvalue weighted by Crippen LogP contribution is -2.38. The van der Waals surface area contributed by atoms with E-state index in [1.165, 1.54) is 6.20 Å². The second-order valence-corrected chi connectivity index (χ2v) is 7.95. The van der Waals surface area contributed by atoms with Crippen LogP contribution in [0.5, 0.6) is 0 Å². The summed E-state index contributed by atoms with van der Waals surface area (Å²) in [5.41, 5.74) is -0.819. The van der Waals surface area contributed by atoms with E-state index in [1.54, 1.807) is 26.8 Å². The Labute approximate surface area is 136 Å². The van der Waals surface area contributed by atoms with E-state index in [-0.39, 0.29) is 17.5 Å². The molecule has 2 aromatic heterocycles. The second kappa shape index (κ2) is 6.10. The molecule has 0 saturated carbocycles. The van der Waals surface area contributed by atoms with Crippen molar-refractivity contribution in [2.75, 3.05) is 6.54 Å². The van der Waals surface area contributed by atoms with Crippen LogP contribution in [-0.2, 0) is 15.6 Å². The molecule has 2 aromatic rings. The molecule has 0 aliphatic carbocycles.